The Morgan fingerprint density at radius 1 is 1.08 bits per heavy atom. The molecule has 5 nitrogen and oxygen atoms in total. The fourth-order valence-corrected chi connectivity index (χ4v) is 5.89. The second-order valence-corrected chi connectivity index (χ2v) is 9.24. The minimum absolute atomic E-state index is 0.183. The van der Waals surface area contributed by atoms with Gasteiger partial charge in [0.1, 0.15) is 0 Å². The molecule has 3 rings (SSSR count). The maximum atomic E-state index is 13.1. The number of sulfonamides is 1. The Hall–Kier alpha value is -1.85. The highest BCUT2D eigenvalue weighted by Gasteiger charge is 2.29. The Balaban J connectivity index is 2.04. The molecule has 0 unspecified atom stereocenters. The Bertz CT molecular complexity index is 939. The fourth-order valence-electron chi connectivity index (χ4n) is 2.91. The standard InChI is InChI=1S/C19H20N2O3S2/c1-14-9-15(2)11-17(10-14)25-18-4-3-16(13-20)12-19(18)26(22,23)21-5-7-24-8-6-21/h3-4,9-12H,5-8H2,1-2H3. The number of nitriles is 1. The molecule has 0 spiro atoms. The second kappa shape index (κ2) is 7.80. The van der Waals surface area contributed by atoms with Crippen LogP contribution in [0.25, 0.3) is 0 Å². The molecular formula is C19H20N2O3S2. The first-order valence-electron chi connectivity index (χ1n) is 8.28. The molecule has 1 saturated heterocycles. The van der Waals surface area contributed by atoms with Crippen molar-refractivity contribution < 1.29 is 13.2 Å². The van der Waals surface area contributed by atoms with E-state index in [1.807, 2.05) is 32.0 Å². The number of hydrogen-bond donors (Lipinski definition) is 0. The van der Waals surface area contributed by atoms with Crippen LogP contribution in [0.1, 0.15) is 16.7 Å². The third-order valence-electron chi connectivity index (χ3n) is 4.08. The maximum Gasteiger partial charge on any atom is 0.244 e. The molecule has 1 aliphatic rings. The highest BCUT2D eigenvalue weighted by molar-refractivity contribution is 8.00. The van der Waals surface area contributed by atoms with Crippen LogP contribution < -0.4 is 0 Å². The molecule has 0 bridgehead atoms. The Labute approximate surface area is 158 Å². The summed E-state index contributed by atoms with van der Waals surface area (Å²) >= 11 is 1.41. The molecular weight excluding hydrogens is 368 g/mol. The van der Waals surface area contributed by atoms with Crippen LogP contribution in [0, 0.1) is 25.2 Å². The van der Waals surface area contributed by atoms with Gasteiger partial charge < -0.3 is 4.74 Å². The molecule has 136 valence electrons. The molecule has 0 aromatic heterocycles. The zero-order valence-corrected chi connectivity index (χ0v) is 16.4. The van der Waals surface area contributed by atoms with Crippen LogP contribution in [0.4, 0.5) is 0 Å². The van der Waals surface area contributed by atoms with Gasteiger partial charge in [-0.3, -0.25) is 0 Å². The summed E-state index contributed by atoms with van der Waals surface area (Å²) < 4.78 is 33.0. The van der Waals surface area contributed by atoms with Gasteiger partial charge in [-0.2, -0.15) is 9.57 Å². The highest BCUT2D eigenvalue weighted by Crippen LogP contribution is 2.35. The fraction of sp³-hybridized carbons (Fsp3) is 0.316. The van der Waals surface area contributed by atoms with Gasteiger partial charge in [0.25, 0.3) is 0 Å². The molecule has 1 heterocycles. The van der Waals surface area contributed by atoms with Crippen molar-refractivity contribution in [2.24, 2.45) is 0 Å². The summed E-state index contributed by atoms with van der Waals surface area (Å²) in [7, 11) is -3.68. The minimum atomic E-state index is -3.68. The lowest BCUT2D eigenvalue weighted by Gasteiger charge is -2.27. The maximum absolute atomic E-state index is 13.1. The van der Waals surface area contributed by atoms with Crippen LogP contribution >= 0.6 is 11.8 Å². The summed E-state index contributed by atoms with van der Waals surface area (Å²) in [6.45, 7) is 5.45. The van der Waals surface area contributed by atoms with E-state index in [2.05, 4.69) is 6.07 Å². The van der Waals surface area contributed by atoms with E-state index in [-0.39, 0.29) is 4.90 Å². The van der Waals surface area contributed by atoms with E-state index in [1.54, 1.807) is 12.1 Å². The summed E-state index contributed by atoms with van der Waals surface area (Å²) in [4.78, 5) is 1.79. The van der Waals surface area contributed by atoms with Gasteiger partial charge in [-0.25, -0.2) is 8.42 Å². The van der Waals surface area contributed by atoms with Crippen molar-refractivity contribution in [1.29, 1.82) is 5.26 Å². The van der Waals surface area contributed by atoms with Gasteiger partial charge in [0.15, 0.2) is 0 Å². The van der Waals surface area contributed by atoms with Crippen LogP contribution in [-0.2, 0) is 14.8 Å². The van der Waals surface area contributed by atoms with Gasteiger partial charge in [-0.05, 0) is 55.3 Å². The van der Waals surface area contributed by atoms with E-state index in [1.165, 1.54) is 22.1 Å². The highest BCUT2D eigenvalue weighted by atomic mass is 32.2. The predicted octanol–water partition coefficient (Wildman–Crippen LogP) is 3.35. The number of aryl methyl sites for hydroxylation is 2. The average molecular weight is 389 g/mol. The molecule has 1 fully saturated rings. The number of hydrogen-bond acceptors (Lipinski definition) is 5. The third kappa shape index (κ3) is 4.10. The molecule has 0 atom stereocenters. The van der Waals surface area contributed by atoms with E-state index >= 15 is 0 Å². The average Bonchev–Trinajstić information content (AvgIpc) is 2.62. The van der Waals surface area contributed by atoms with Gasteiger partial charge in [-0.15, -0.1) is 0 Å². The summed E-state index contributed by atoms with van der Waals surface area (Å²) in [5, 5.41) is 9.21. The van der Waals surface area contributed by atoms with Gasteiger partial charge in [0.2, 0.25) is 10.0 Å². The number of benzene rings is 2. The predicted molar refractivity (Wildman–Crippen MR) is 101 cm³/mol. The summed E-state index contributed by atoms with van der Waals surface area (Å²) in [5.41, 5.74) is 2.58. The van der Waals surface area contributed by atoms with Crippen LogP contribution in [0.3, 0.4) is 0 Å². The Morgan fingerprint density at radius 2 is 1.73 bits per heavy atom. The topological polar surface area (TPSA) is 70.4 Å². The van der Waals surface area contributed by atoms with E-state index in [0.29, 0.717) is 36.8 Å². The van der Waals surface area contributed by atoms with Crippen LogP contribution in [0.2, 0.25) is 0 Å². The summed E-state index contributed by atoms with van der Waals surface area (Å²) in [6, 6.07) is 13.0. The third-order valence-corrected chi connectivity index (χ3v) is 7.20. The van der Waals surface area contributed by atoms with Gasteiger partial charge in [0, 0.05) is 22.9 Å². The second-order valence-electron chi connectivity index (χ2n) is 6.22. The molecule has 0 aliphatic carbocycles. The van der Waals surface area contributed by atoms with Crippen LogP contribution in [0.15, 0.2) is 51.1 Å². The van der Waals surface area contributed by atoms with Gasteiger partial charge >= 0.3 is 0 Å². The quantitative estimate of drug-likeness (QED) is 0.803. The van der Waals surface area contributed by atoms with Crippen molar-refractivity contribution in [3.8, 4) is 6.07 Å². The van der Waals surface area contributed by atoms with Crippen LogP contribution in [-0.4, -0.2) is 39.0 Å². The Kier molecular flexibility index (Phi) is 5.68. The van der Waals surface area contributed by atoms with Crippen molar-refractivity contribution in [1.82, 2.24) is 4.31 Å². The normalized spacial score (nSPS) is 15.6. The lowest BCUT2D eigenvalue weighted by atomic mass is 10.2. The number of nitrogens with zero attached hydrogens (tertiary/aromatic N) is 2. The first-order valence-corrected chi connectivity index (χ1v) is 10.5. The van der Waals surface area contributed by atoms with E-state index in [0.717, 1.165) is 16.0 Å². The van der Waals surface area contributed by atoms with E-state index < -0.39 is 10.0 Å². The Morgan fingerprint density at radius 3 is 2.35 bits per heavy atom. The van der Waals surface area contributed by atoms with Crippen molar-refractivity contribution in [3.05, 3.63) is 53.1 Å². The molecule has 0 amide bonds. The SMILES string of the molecule is Cc1cc(C)cc(Sc2ccc(C#N)cc2S(=O)(=O)N2CCOCC2)c1. The van der Waals surface area contributed by atoms with Crippen LogP contribution in [0.5, 0.6) is 0 Å². The first kappa shape index (κ1) is 18.9. The zero-order chi connectivity index (χ0) is 18.7. The smallest absolute Gasteiger partial charge is 0.244 e. The van der Waals surface area contributed by atoms with E-state index in [9.17, 15) is 13.7 Å². The van der Waals surface area contributed by atoms with E-state index in [4.69, 9.17) is 4.74 Å². The molecule has 0 radical (unpaired) electrons. The molecule has 26 heavy (non-hydrogen) atoms. The van der Waals surface area contributed by atoms with Crippen molar-refractivity contribution in [3.63, 3.8) is 0 Å². The lowest BCUT2D eigenvalue weighted by Crippen LogP contribution is -2.40. The number of morpholine rings is 1. The largest absolute Gasteiger partial charge is 0.379 e. The monoisotopic (exact) mass is 388 g/mol. The number of rotatable bonds is 4. The molecule has 2 aromatic carbocycles. The minimum Gasteiger partial charge on any atom is -0.379 e. The van der Waals surface area contributed by atoms with Crippen molar-refractivity contribution >= 4 is 21.8 Å². The summed E-state index contributed by atoms with van der Waals surface area (Å²) in [6.07, 6.45) is 0. The zero-order valence-electron chi connectivity index (χ0n) is 14.7. The van der Waals surface area contributed by atoms with Gasteiger partial charge in [0.05, 0.1) is 29.7 Å². The molecule has 0 saturated carbocycles. The van der Waals surface area contributed by atoms with Gasteiger partial charge in [-0.1, -0.05) is 17.8 Å². The van der Waals surface area contributed by atoms with Crippen molar-refractivity contribution in [2.45, 2.75) is 28.5 Å². The molecule has 7 heteroatoms. The summed E-state index contributed by atoms with van der Waals surface area (Å²) in [5.74, 6) is 0. The lowest BCUT2D eigenvalue weighted by molar-refractivity contribution is 0.0729. The first-order chi connectivity index (χ1) is 12.4. The molecule has 2 aromatic rings. The van der Waals surface area contributed by atoms with Crippen molar-refractivity contribution in [2.75, 3.05) is 26.3 Å². The molecule has 1 aliphatic heterocycles. The molecule has 0 N–H and O–H groups in total. The number of ether oxygens (including phenoxy) is 1.